The molecule has 0 aliphatic rings. The van der Waals surface area contributed by atoms with Crippen LogP contribution in [0, 0.1) is 24.0 Å². The van der Waals surface area contributed by atoms with Crippen LogP contribution < -0.4 is 5.32 Å². The van der Waals surface area contributed by atoms with E-state index in [4.69, 9.17) is 0 Å². The highest BCUT2D eigenvalue weighted by atomic mass is 32.2. The Balaban J connectivity index is 0.000000284. The average molecular weight is 535 g/mol. The van der Waals surface area contributed by atoms with Crippen LogP contribution in [0.1, 0.15) is 51.4 Å². The minimum Gasteiger partial charge on any atom is -0.361 e. The molecule has 4 rings (SSSR count). The maximum Gasteiger partial charge on any atom is 0.296 e. The molecular weight excluding hydrogens is 504 g/mol. The summed E-state index contributed by atoms with van der Waals surface area (Å²) in [6.45, 7) is 12.1. The van der Waals surface area contributed by atoms with Crippen LogP contribution >= 0.6 is 11.8 Å². The van der Waals surface area contributed by atoms with Crippen molar-refractivity contribution in [1.29, 1.82) is 0 Å². The van der Waals surface area contributed by atoms with Crippen molar-refractivity contribution in [3.8, 4) is 11.4 Å². The summed E-state index contributed by atoms with van der Waals surface area (Å²) in [7, 11) is 0. The molecule has 11 heteroatoms. The minimum atomic E-state index is -2.79. The first kappa shape index (κ1) is 28.2. The summed E-state index contributed by atoms with van der Waals surface area (Å²) in [4.78, 5) is 4.38. The van der Waals surface area contributed by atoms with Crippen LogP contribution in [0.2, 0.25) is 0 Å². The number of nitrogens with one attached hydrogen (secondary N) is 2. The number of H-pyrrole nitrogens is 1. The normalized spacial score (nSPS) is 11.5. The van der Waals surface area contributed by atoms with Crippen LogP contribution in [0.5, 0.6) is 0 Å². The van der Waals surface area contributed by atoms with Crippen molar-refractivity contribution in [2.24, 2.45) is 5.41 Å². The molecule has 0 aliphatic carbocycles. The van der Waals surface area contributed by atoms with Crippen LogP contribution in [0.15, 0.2) is 54.3 Å². The molecule has 0 unspecified atom stereocenters. The molecule has 1 aromatic carbocycles. The summed E-state index contributed by atoms with van der Waals surface area (Å²) in [5.41, 5.74) is 2.92. The van der Waals surface area contributed by atoms with Gasteiger partial charge in [-0.25, -0.2) is 27.1 Å². The summed E-state index contributed by atoms with van der Waals surface area (Å²) < 4.78 is 54.0. The number of fused-ring (bicyclic) bond motifs is 1. The van der Waals surface area contributed by atoms with Gasteiger partial charge >= 0.3 is 0 Å². The quantitative estimate of drug-likeness (QED) is 0.169. The average Bonchev–Trinajstić information content (AvgIpc) is 3.48. The van der Waals surface area contributed by atoms with Crippen molar-refractivity contribution in [2.45, 2.75) is 51.9 Å². The largest absolute Gasteiger partial charge is 0.361 e. The zero-order valence-electron chi connectivity index (χ0n) is 21.2. The SMILES string of the molecule is C=CNc1cc(-c2n[nH]c(C(F)F)n2)c(F)cc1SCCC(C)(C)CC.Cc1cnn2cc(F)ccc12. The van der Waals surface area contributed by atoms with E-state index in [-0.39, 0.29) is 22.6 Å². The third kappa shape index (κ3) is 7.34. The fraction of sp³-hybridized carbons (Fsp3) is 0.346. The van der Waals surface area contributed by atoms with E-state index in [0.717, 1.165) is 34.6 Å². The topological polar surface area (TPSA) is 70.9 Å². The zero-order chi connectivity index (χ0) is 27.2. The standard InChI is InChI=1S/C18H23F3N4S.C8H7FN2/c1-5-18(3,4)7-8-26-14-10-12(19)11(9-13(14)22-6-2)16-23-17(15(20)21)25-24-16;1-6-4-10-11-5-7(9)2-3-8(6)11/h6,9-10,15,22H,2,5,7-8H2,1,3-4H3,(H,23,24,25);2-5H,1H3. The Bertz CT molecular complexity index is 1350. The second-order valence-electron chi connectivity index (χ2n) is 9.14. The number of aromatic nitrogens is 5. The van der Waals surface area contributed by atoms with E-state index in [0.29, 0.717) is 5.69 Å². The fourth-order valence-corrected chi connectivity index (χ4v) is 4.60. The Hall–Kier alpha value is -3.34. The second-order valence-corrected chi connectivity index (χ2v) is 10.3. The van der Waals surface area contributed by atoms with Crippen LogP contribution in [-0.4, -0.2) is 30.5 Å². The van der Waals surface area contributed by atoms with Gasteiger partial charge in [-0.3, -0.25) is 5.10 Å². The number of hydrogen-bond donors (Lipinski definition) is 2. The molecule has 0 spiro atoms. The Morgan fingerprint density at radius 3 is 2.65 bits per heavy atom. The fourth-order valence-electron chi connectivity index (χ4n) is 3.26. The molecule has 4 aromatic rings. The molecule has 0 fully saturated rings. The van der Waals surface area contributed by atoms with Gasteiger partial charge in [-0.05, 0) is 60.5 Å². The molecule has 37 heavy (non-hydrogen) atoms. The summed E-state index contributed by atoms with van der Waals surface area (Å²) in [6, 6.07) is 6.05. The van der Waals surface area contributed by atoms with E-state index >= 15 is 0 Å². The van der Waals surface area contributed by atoms with Crippen LogP contribution in [0.25, 0.3) is 16.9 Å². The smallest absolute Gasteiger partial charge is 0.296 e. The van der Waals surface area contributed by atoms with Crippen molar-refractivity contribution in [3.05, 3.63) is 72.5 Å². The lowest BCUT2D eigenvalue weighted by Crippen LogP contribution is -2.10. The van der Waals surface area contributed by atoms with Gasteiger partial charge in [-0.15, -0.1) is 11.8 Å². The third-order valence-electron chi connectivity index (χ3n) is 5.94. The first-order valence-corrected chi connectivity index (χ1v) is 12.7. The molecule has 6 nitrogen and oxygen atoms in total. The van der Waals surface area contributed by atoms with E-state index in [9.17, 15) is 17.6 Å². The summed E-state index contributed by atoms with van der Waals surface area (Å²) in [5, 5.41) is 12.7. The second kappa shape index (κ2) is 12.3. The van der Waals surface area contributed by atoms with Gasteiger partial charge in [0.1, 0.15) is 11.6 Å². The number of thioether (sulfide) groups is 1. The van der Waals surface area contributed by atoms with Gasteiger partial charge in [0.15, 0.2) is 11.6 Å². The van der Waals surface area contributed by atoms with Crippen LogP contribution in [-0.2, 0) is 0 Å². The molecular formula is C26H30F4N6S. The molecule has 0 atom stereocenters. The number of aryl methyl sites for hydroxylation is 1. The number of aromatic amines is 1. The van der Waals surface area contributed by atoms with E-state index in [1.54, 1.807) is 12.3 Å². The van der Waals surface area contributed by atoms with Crippen molar-refractivity contribution in [2.75, 3.05) is 11.1 Å². The Labute approximate surface area is 217 Å². The van der Waals surface area contributed by atoms with Gasteiger partial charge in [0, 0.05) is 4.90 Å². The number of nitrogens with zero attached hydrogens (tertiary/aromatic N) is 4. The van der Waals surface area contributed by atoms with Gasteiger partial charge < -0.3 is 5.32 Å². The van der Waals surface area contributed by atoms with Crippen molar-refractivity contribution < 1.29 is 17.6 Å². The number of rotatable bonds is 9. The predicted octanol–water partition coefficient (Wildman–Crippen LogP) is 7.80. The van der Waals surface area contributed by atoms with Crippen LogP contribution in [0.3, 0.4) is 0 Å². The summed E-state index contributed by atoms with van der Waals surface area (Å²) >= 11 is 1.54. The Morgan fingerprint density at radius 2 is 2.00 bits per heavy atom. The van der Waals surface area contributed by atoms with Gasteiger partial charge in [-0.1, -0.05) is 33.8 Å². The molecule has 0 radical (unpaired) electrons. The molecule has 0 saturated carbocycles. The summed E-state index contributed by atoms with van der Waals surface area (Å²) in [6.07, 6.45) is 3.83. The third-order valence-corrected chi connectivity index (χ3v) is 7.00. The number of halogens is 4. The molecule has 198 valence electrons. The van der Waals surface area contributed by atoms with E-state index < -0.39 is 18.1 Å². The van der Waals surface area contributed by atoms with E-state index in [2.05, 4.69) is 52.9 Å². The van der Waals surface area contributed by atoms with Gasteiger partial charge in [0.05, 0.1) is 29.2 Å². The maximum absolute atomic E-state index is 14.5. The summed E-state index contributed by atoms with van der Waals surface area (Å²) in [5.74, 6) is -0.675. The van der Waals surface area contributed by atoms with Gasteiger partial charge in [0.25, 0.3) is 6.43 Å². The Kier molecular flexibility index (Phi) is 9.36. The van der Waals surface area contributed by atoms with Gasteiger partial charge in [0.2, 0.25) is 0 Å². The highest BCUT2D eigenvalue weighted by molar-refractivity contribution is 7.99. The highest BCUT2D eigenvalue weighted by Gasteiger charge is 2.19. The number of hydrogen-bond acceptors (Lipinski definition) is 5. The number of anilines is 1. The van der Waals surface area contributed by atoms with Crippen molar-refractivity contribution >= 4 is 23.0 Å². The maximum atomic E-state index is 14.5. The van der Waals surface area contributed by atoms with Crippen LogP contribution in [0.4, 0.5) is 23.2 Å². The first-order chi connectivity index (χ1) is 17.5. The molecule has 0 aliphatic heterocycles. The Morgan fingerprint density at radius 1 is 1.24 bits per heavy atom. The lowest BCUT2D eigenvalue weighted by atomic mass is 9.87. The van der Waals surface area contributed by atoms with E-state index in [1.807, 2.05) is 6.92 Å². The highest BCUT2D eigenvalue weighted by Crippen LogP contribution is 2.36. The predicted molar refractivity (Wildman–Crippen MR) is 140 cm³/mol. The molecule has 3 aromatic heterocycles. The number of pyridine rings is 1. The lowest BCUT2D eigenvalue weighted by molar-refractivity contribution is 0.141. The van der Waals surface area contributed by atoms with Crippen molar-refractivity contribution in [1.82, 2.24) is 24.8 Å². The number of benzene rings is 1. The number of alkyl halides is 2. The molecule has 0 saturated heterocycles. The lowest BCUT2D eigenvalue weighted by Gasteiger charge is -2.22. The van der Waals surface area contributed by atoms with Gasteiger partial charge in [-0.2, -0.15) is 10.2 Å². The minimum absolute atomic E-state index is 0.0516. The molecule has 2 N–H and O–H groups in total. The molecule has 0 bridgehead atoms. The van der Waals surface area contributed by atoms with Crippen molar-refractivity contribution in [3.63, 3.8) is 0 Å². The zero-order valence-corrected chi connectivity index (χ0v) is 22.0. The molecule has 0 amide bonds. The monoisotopic (exact) mass is 534 g/mol. The van der Waals surface area contributed by atoms with E-state index in [1.165, 1.54) is 46.9 Å². The molecule has 3 heterocycles. The first-order valence-electron chi connectivity index (χ1n) is 11.7.